The van der Waals surface area contributed by atoms with Crippen molar-refractivity contribution < 1.29 is 9.53 Å². The molecule has 132 valence electrons. The Morgan fingerprint density at radius 1 is 1.20 bits per heavy atom. The molecule has 1 aromatic rings. The van der Waals surface area contributed by atoms with Crippen LogP contribution < -0.4 is 5.32 Å². The molecule has 4 heteroatoms. The molecule has 4 nitrogen and oxygen atoms in total. The van der Waals surface area contributed by atoms with E-state index in [1.54, 1.807) is 7.11 Å². The van der Waals surface area contributed by atoms with Crippen LogP contribution in [0.2, 0.25) is 0 Å². The molecule has 1 aromatic carbocycles. The highest BCUT2D eigenvalue weighted by atomic mass is 16.5. The van der Waals surface area contributed by atoms with E-state index in [0.717, 1.165) is 12.8 Å². The van der Waals surface area contributed by atoms with E-state index in [1.807, 2.05) is 0 Å². The van der Waals surface area contributed by atoms with Crippen LogP contribution in [-0.2, 0) is 14.9 Å². The Morgan fingerprint density at radius 2 is 2.08 bits per heavy atom. The zero-order valence-corrected chi connectivity index (χ0v) is 14.9. The highest BCUT2D eigenvalue weighted by molar-refractivity contribution is 5.80. The standard InChI is InChI=1S/C21H26N2O2/c1-25-17(24)15-13-19-7-4-11-23-12-10-20(18(19)23)14-5-2-3-6-16(14)22-21(15,20)9-8-19/h2-3,5-6,15,18,22H,4,7-13H2,1H3/t15-,18+,19-,20-,21+/m1/s1. The summed E-state index contributed by atoms with van der Waals surface area (Å²) in [4.78, 5) is 15.7. The summed E-state index contributed by atoms with van der Waals surface area (Å²) >= 11 is 0. The number of benzene rings is 1. The van der Waals surface area contributed by atoms with Crippen LogP contribution in [0.4, 0.5) is 5.69 Å². The lowest BCUT2D eigenvalue weighted by Gasteiger charge is -2.69. The number of rotatable bonds is 1. The minimum absolute atomic E-state index is 0.00114. The van der Waals surface area contributed by atoms with Crippen molar-refractivity contribution in [1.29, 1.82) is 0 Å². The normalized spacial score (nSPS) is 46.1. The SMILES string of the molecule is COC(=O)[C@H]1C[C@@]23CCCN4CC[C@@]5(c6ccccc6N[C@@]15CC2)[C@@H]43. The van der Waals surface area contributed by atoms with Gasteiger partial charge in [-0.1, -0.05) is 18.2 Å². The van der Waals surface area contributed by atoms with Gasteiger partial charge in [-0.25, -0.2) is 0 Å². The number of esters is 1. The Hall–Kier alpha value is -1.55. The van der Waals surface area contributed by atoms with E-state index < -0.39 is 0 Å². The molecule has 2 saturated heterocycles. The van der Waals surface area contributed by atoms with Crippen LogP contribution >= 0.6 is 0 Å². The molecule has 2 bridgehead atoms. The highest BCUT2D eigenvalue weighted by Gasteiger charge is 2.78. The van der Waals surface area contributed by atoms with Crippen molar-refractivity contribution in [3.8, 4) is 0 Å². The third-order valence-corrected chi connectivity index (χ3v) is 8.60. The van der Waals surface area contributed by atoms with Crippen molar-refractivity contribution in [3.63, 3.8) is 0 Å². The number of carbonyl (C=O) groups excluding carboxylic acids is 1. The molecule has 3 heterocycles. The summed E-state index contributed by atoms with van der Waals surface area (Å²) in [5, 5.41) is 3.92. The van der Waals surface area contributed by atoms with Gasteiger partial charge in [0.25, 0.3) is 0 Å². The fraction of sp³-hybridized carbons (Fsp3) is 0.667. The van der Waals surface area contributed by atoms with Gasteiger partial charge >= 0.3 is 5.97 Å². The molecule has 1 N–H and O–H groups in total. The molecule has 3 spiro atoms. The summed E-state index contributed by atoms with van der Waals surface area (Å²) < 4.78 is 5.33. The summed E-state index contributed by atoms with van der Waals surface area (Å²) in [5.41, 5.74) is 2.97. The minimum atomic E-state index is -0.151. The first-order valence-electron chi connectivity index (χ1n) is 9.87. The molecule has 3 saturated carbocycles. The van der Waals surface area contributed by atoms with E-state index in [4.69, 9.17) is 4.74 Å². The molecule has 0 aromatic heterocycles. The van der Waals surface area contributed by atoms with E-state index in [-0.39, 0.29) is 22.8 Å². The Bertz CT molecular complexity index is 779. The van der Waals surface area contributed by atoms with Crippen LogP contribution in [-0.4, -0.2) is 42.6 Å². The fourth-order valence-corrected chi connectivity index (χ4v) is 8.03. The Morgan fingerprint density at radius 3 is 2.96 bits per heavy atom. The van der Waals surface area contributed by atoms with Gasteiger partial charge < -0.3 is 10.1 Å². The fourth-order valence-electron chi connectivity index (χ4n) is 8.03. The Balaban J connectivity index is 1.65. The lowest BCUT2D eigenvalue weighted by Crippen LogP contribution is -2.76. The van der Waals surface area contributed by atoms with Crippen LogP contribution in [0.3, 0.4) is 0 Å². The summed E-state index contributed by atoms with van der Waals surface area (Å²) in [6.45, 7) is 2.41. The smallest absolute Gasteiger partial charge is 0.311 e. The summed E-state index contributed by atoms with van der Waals surface area (Å²) in [6.07, 6.45) is 7.10. The molecular formula is C21H26N2O2. The van der Waals surface area contributed by atoms with Gasteiger partial charge in [-0.05, 0) is 68.7 Å². The van der Waals surface area contributed by atoms with E-state index in [1.165, 1.54) is 50.0 Å². The molecule has 0 radical (unpaired) electrons. The van der Waals surface area contributed by atoms with Crippen molar-refractivity contribution in [3.05, 3.63) is 29.8 Å². The first kappa shape index (κ1) is 14.6. The van der Waals surface area contributed by atoms with Gasteiger partial charge in [0, 0.05) is 17.1 Å². The largest absolute Gasteiger partial charge is 0.469 e. The van der Waals surface area contributed by atoms with Crippen molar-refractivity contribution in [2.45, 2.75) is 55.5 Å². The van der Waals surface area contributed by atoms with Crippen LogP contribution in [0, 0.1) is 11.3 Å². The number of piperidine rings is 1. The maximum atomic E-state index is 12.9. The first-order chi connectivity index (χ1) is 12.2. The minimum Gasteiger partial charge on any atom is -0.469 e. The summed E-state index contributed by atoms with van der Waals surface area (Å²) in [6, 6.07) is 9.45. The molecule has 0 unspecified atom stereocenters. The van der Waals surface area contributed by atoms with Gasteiger partial charge in [0.2, 0.25) is 0 Å². The van der Waals surface area contributed by atoms with Crippen molar-refractivity contribution in [2.24, 2.45) is 11.3 Å². The number of anilines is 1. The number of hydrogen-bond acceptors (Lipinski definition) is 4. The number of nitrogens with zero attached hydrogens (tertiary/aromatic N) is 1. The number of nitrogens with one attached hydrogen (secondary N) is 1. The average molecular weight is 338 g/mol. The predicted molar refractivity (Wildman–Crippen MR) is 95.5 cm³/mol. The number of fused-ring (bicyclic) bond motifs is 3. The molecular weight excluding hydrogens is 312 g/mol. The number of hydrogen-bond donors (Lipinski definition) is 1. The number of carbonyl (C=O) groups is 1. The molecule has 25 heavy (non-hydrogen) atoms. The molecule has 0 amide bonds. The molecule has 3 aliphatic carbocycles. The number of para-hydroxylation sites is 1. The lowest BCUT2D eigenvalue weighted by atomic mass is 9.39. The molecule has 3 aliphatic heterocycles. The lowest BCUT2D eigenvalue weighted by molar-refractivity contribution is -0.171. The number of ether oxygens (including phenoxy) is 1. The quantitative estimate of drug-likeness (QED) is 0.800. The molecule has 5 fully saturated rings. The second-order valence-electron chi connectivity index (χ2n) is 9.05. The monoisotopic (exact) mass is 338 g/mol. The molecule has 6 aliphatic rings. The van der Waals surface area contributed by atoms with Crippen LogP contribution in [0.1, 0.15) is 44.1 Å². The Kier molecular flexibility index (Phi) is 2.57. The van der Waals surface area contributed by atoms with Gasteiger partial charge in [0.1, 0.15) is 0 Å². The summed E-state index contributed by atoms with van der Waals surface area (Å²) in [5.74, 6) is -0.0193. The van der Waals surface area contributed by atoms with Crippen LogP contribution in [0.25, 0.3) is 0 Å². The first-order valence-corrected chi connectivity index (χ1v) is 9.87. The second-order valence-corrected chi connectivity index (χ2v) is 9.05. The Labute approximate surface area is 148 Å². The van der Waals surface area contributed by atoms with Gasteiger partial charge in [-0.3, -0.25) is 9.69 Å². The molecule has 7 rings (SSSR count). The zero-order chi connectivity index (χ0) is 16.9. The maximum absolute atomic E-state index is 12.9. The van der Waals surface area contributed by atoms with E-state index in [2.05, 4.69) is 34.5 Å². The van der Waals surface area contributed by atoms with Gasteiger partial charge in [-0.15, -0.1) is 0 Å². The van der Waals surface area contributed by atoms with Gasteiger partial charge in [-0.2, -0.15) is 0 Å². The topological polar surface area (TPSA) is 41.6 Å². The maximum Gasteiger partial charge on any atom is 0.311 e. The van der Waals surface area contributed by atoms with Crippen molar-refractivity contribution in [2.75, 3.05) is 25.5 Å². The van der Waals surface area contributed by atoms with E-state index in [9.17, 15) is 4.79 Å². The zero-order valence-electron chi connectivity index (χ0n) is 14.9. The third kappa shape index (κ3) is 1.38. The highest BCUT2D eigenvalue weighted by Crippen LogP contribution is 2.74. The number of methoxy groups -OCH3 is 1. The van der Waals surface area contributed by atoms with Crippen molar-refractivity contribution in [1.82, 2.24) is 4.90 Å². The van der Waals surface area contributed by atoms with Crippen LogP contribution in [0.15, 0.2) is 24.3 Å². The van der Waals surface area contributed by atoms with Crippen LogP contribution in [0.5, 0.6) is 0 Å². The van der Waals surface area contributed by atoms with Gasteiger partial charge in [0.15, 0.2) is 0 Å². The predicted octanol–water partition coefficient (Wildman–Crippen LogP) is 2.93. The third-order valence-electron chi connectivity index (χ3n) is 8.60. The second kappa shape index (κ2) is 4.40. The van der Waals surface area contributed by atoms with E-state index in [0.29, 0.717) is 11.5 Å². The summed E-state index contributed by atoms with van der Waals surface area (Å²) in [7, 11) is 1.56. The molecule has 5 atom stereocenters. The van der Waals surface area contributed by atoms with Gasteiger partial charge in [0.05, 0.1) is 18.6 Å². The van der Waals surface area contributed by atoms with E-state index >= 15 is 0 Å². The average Bonchev–Trinajstić information content (AvgIpc) is 3.19. The van der Waals surface area contributed by atoms with Crippen molar-refractivity contribution >= 4 is 11.7 Å².